The number of nitrogens with zero attached hydrogens (tertiary/aromatic N) is 1. The molecule has 0 unspecified atom stereocenters. The van der Waals surface area contributed by atoms with E-state index in [0.717, 1.165) is 25.3 Å². The van der Waals surface area contributed by atoms with Crippen LogP contribution in [0, 0.1) is 11.6 Å². The predicted molar refractivity (Wildman–Crippen MR) is 117 cm³/mol. The molecule has 0 amide bonds. The van der Waals surface area contributed by atoms with Gasteiger partial charge in [0.25, 0.3) is 0 Å². The molecule has 1 saturated heterocycles. The van der Waals surface area contributed by atoms with E-state index < -0.39 is 71.6 Å². The number of likely N-dealkylation sites (tertiary alicyclic amines) is 1. The third kappa shape index (κ3) is 4.88. The van der Waals surface area contributed by atoms with Gasteiger partial charge in [0.05, 0.1) is 31.3 Å². The van der Waals surface area contributed by atoms with Crippen molar-refractivity contribution in [2.24, 2.45) is 0 Å². The average Bonchev–Trinajstić information content (AvgIpc) is 3.04. The summed E-state index contributed by atoms with van der Waals surface area (Å²) in [6.07, 6.45) is -5.45. The highest BCUT2D eigenvalue weighted by Gasteiger charge is 2.66. The van der Waals surface area contributed by atoms with E-state index in [0.29, 0.717) is 22.6 Å². The lowest BCUT2D eigenvalue weighted by atomic mass is 9.76. The molecule has 0 N–H and O–H groups in total. The quantitative estimate of drug-likeness (QED) is 0.315. The monoisotopic (exact) mass is 533 g/mol. The predicted octanol–water partition coefficient (Wildman–Crippen LogP) is 7.06. The summed E-state index contributed by atoms with van der Waals surface area (Å²) in [4.78, 5) is 0.627. The van der Waals surface area contributed by atoms with E-state index in [2.05, 4.69) is 0 Å². The molecule has 1 atom stereocenters. The number of methoxy groups -OCH3 is 1. The van der Waals surface area contributed by atoms with E-state index in [1.54, 1.807) is 18.2 Å². The Balaban J connectivity index is 2.09. The van der Waals surface area contributed by atoms with Crippen LogP contribution < -0.4 is 4.74 Å². The molecule has 0 bridgehead atoms. The van der Waals surface area contributed by atoms with Crippen molar-refractivity contribution in [2.75, 3.05) is 20.2 Å². The van der Waals surface area contributed by atoms with Crippen molar-refractivity contribution in [1.82, 2.24) is 4.90 Å². The normalized spacial score (nSPS) is 19.0. The van der Waals surface area contributed by atoms with Crippen LogP contribution in [0.25, 0.3) is 0 Å². The number of alkyl halides is 7. The number of benzene rings is 3. The molecular formula is C26H20F9NO. The molecule has 37 heavy (non-hydrogen) atoms. The number of halogens is 9. The summed E-state index contributed by atoms with van der Waals surface area (Å²) >= 11 is 0. The van der Waals surface area contributed by atoms with Crippen molar-refractivity contribution in [3.63, 3.8) is 0 Å². The van der Waals surface area contributed by atoms with Gasteiger partial charge in [-0.1, -0.05) is 36.4 Å². The molecule has 1 heterocycles. The first-order chi connectivity index (χ1) is 17.2. The molecule has 11 heteroatoms. The summed E-state index contributed by atoms with van der Waals surface area (Å²) in [6.45, 7) is -3.10. The highest BCUT2D eigenvalue weighted by molar-refractivity contribution is 5.47. The SMILES string of the molecule is COc1cc([C@](Cc2ccccc2)(c2cc(F)cc(C(F)(F)F)c2)N2CC(F)(F)C(F)(F)C2)ccc1F. The Hall–Kier alpha value is -3.21. The largest absolute Gasteiger partial charge is 0.494 e. The number of rotatable bonds is 6. The van der Waals surface area contributed by atoms with Crippen LogP contribution in [0.2, 0.25) is 0 Å². The van der Waals surface area contributed by atoms with Crippen molar-refractivity contribution in [1.29, 1.82) is 0 Å². The lowest BCUT2D eigenvalue weighted by Gasteiger charge is -2.43. The molecule has 1 fully saturated rings. The minimum absolute atomic E-state index is 0.137. The molecule has 0 spiro atoms. The molecule has 0 aliphatic carbocycles. The average molecular weight is 533 g/mol. The van der Waals surface area contributed by atoms with E-state index in [1.165, 1.54) is 12.1 Å². The molecule has 0 aromatic heterocycles. The Morgan fingerprint density at radius 2 is 1.38 bits per heavy atom. The minimum Gasteiger partial charge on any atom is -0.494 e. The topological polar surface area (TPSA) is 12.5 Å². The van der Waals surface area contributed by atoms with Crippen LogP contribution in [0.15, 0.2) is 66.7 Å². The van der Waals surface area contributed by atoms with Gasteiger partial charge < -0.3 is 4.74 Å². The fraction of sp³-hybridized carbons (Fsp3) is 0.308. The fourth-order valence-corrected chi connectivity index (χ4v) is 4.68. The first kappa shape index (κ1) is 26.8. The van der Waals surface area contributed by atoms with Gasteiger partial charge in [-0.05, 0) is 53.4 Å². The summed E-state index contributed by atoms with van der Waals surface area (Å²) in [7, 11) is 1.10. The molecule has 4 rings (SSSR count). The summed E-state index contributed by atoms with van der Waals surface area (Å²) < 4.78 is 133. The van der Waals surface area contributed by atoms with Gasteiger partial charge in [-0.25, -0.2) is 8.78 Å². The zero-order chi connectivity index (χ0) is 27.2. The first-order valence-electron chi connectivity index (χ1n) is 11.0. The van der Waals surface area contributed by atoms with Gasteiger partial charge in [0.1, 0.15) is 5.82 Å². The maximum atomic E-state index is 14.6. The summed E-state index contributed by atoms with van der Waals surface area (Å²) in [5, 5.41) is 0. The Bertz CT molecular complexity index is 1260. The van der Waals surface area contributed by atoms with Gasteiger partial charge in [0.2, 0.25) is 0 Å². The van der Waals surface area contributed by atoms with Crippen LogP contribution in [0.4, 0.5) is 39.5 Å². The van der Waals surface area contributed by atoms with Crippen LogP contribution in [0.5, 0.6) is 5.75 Å². The highest BCUT2D eigenvalue weighted by atomic mass is 19.4. The Morgan fingerprint density at radius 1 is 0.784 bits per heavy atom. The van der Waals surface area contributed by atoms with Crippen LogP contribution in [-0.2, 0) is 18.1 Å². The third-order valence-electron chi connectivity index (χ3n) is 6.49. The zero-order valence-electron chi connectivity index (χ0n) is 19.2. The second-order valence-corrected chi connectivity index (χ2v) is 8.86. The zero-order valence-corrected chi connectivity index (χ0v) is 19.2. The Labute approximate surface area is 206 Å². The number of hydrogen-bond acceptors (Lipinski definition) is 2. The van der Waals surface area contributed by atoms with Crippen molar-refractivity contribution >= 4 is 0 Å². The molecule has 3 aromatic rings. The highest BCUT2D eigenvalue weighted by Crippen LogP contribution is 2.50. The Kier molecular flexibility index (Phi) is 6.72. The fourth-order valence-electron chi connectivity index (χ4n) is 4.68. The second-order valence-electron chi connectivity index (χ2n) is 8.86. The minimum atomic E-state index is -5.03. The molecule has 198 valence electrons. The lowest BCUT2D eigenvalue weighted by Crippen LogP contribution is -2.49. The maximum Gasteiger partial charge on any atom is 0.416 e. The second kappa shape index (κ2) is 9.27. The summed E-state index contributed by atoms with van der Waals surface area (Å²) in [6, 6.07) is 12.2. The van der Waals surface area contributed by atoms with Crippen molar-refractivity contribution < 1.29 is 44.3 Å². The molecule has 2 nitrogen and oxygen atoms in total. The molecule has 1 aliphatic rings. The van der Waals surface area contributed by atoms with E-state index in [1.807, 2.05) is 0 Å². The van der Waals surface area contributed by atoms with Crippen LogP contribution in [0.1, 0.15) is 22.3 Å². The van der Waals surface area contributed by atoms with Crippen LogP contribution >= 0.6 is 0 Å². The molecule has 0 radical (unpaired) electrons. The molecule has 1 aliphatic heterocycles. The van der Waals surface area contributed by atoms with Crippen molar-refractivity contribution in [2.45, 2.75) is 30.0 Å². The third-order valence-corrected chi connectivity index (χ3v) is 6.49. The lowest BCUT2D eigenvalue weighted by molar-refractivity contribution is -0.172. The molecule has 0 saturated carbocycles. The standard InChI is InChI=1S/C26H20F9NO/c1-37-22-12-17(7-8-21(22)28)23(13-16-5-3-2-4-6-16,36-14-24(29,30)25(31,32)15-36)18-9-19(26(33,34)35)11-20(27)10-18/h2-12H,13-15H2,1H3/t23-/m1/s1. The Morgan fingerprint density at radius 3 is 1.95 bits per heavy atom. The van der Waals surface area contributed by atoms with Crippen molar-refractivity contribution in [3.8, 4) is 5.75 Å². The number of hydrogen-bond donors (Lipinski definition) is 0. The maximum absolute atomic E-state index is 14.6. The number of ether oxygens (including phenoxy) is 1. The smallest absolute Gasteiger partial charge is 0.416 e. The first-order valence-corrected chi connectivity index (χ1v) is 11.0. The van der Waals surface area contributed by atoms with E-state index >= 15 is 0 Å². The molecular weight excluding hydrogens is 513 g/mol. The van der Waals surface area contributed by atoms with Gasteiger partial charge in [0.15, 0.2) is 11.6 Å². The van der Waals surface area contributed by atoms with Crippen molar-refractivity contribution in [3.05, 3.63) is 101 Å². The summed E-state index contributed by atoms with van der Waals surface area (Å²) in [5.74, 6) is -11.7. The van der Waals surface area contributed by atoms with E-state index in [-0.39, 0.29) is 11.6 Å². The van der Waals surface area contributed by atoms with Crippen LogP contribution in [-0.4, -0.2) is 36.9 Å². The van der Waals surface area contributed by atoms with Gasteiger partial charge in [-0.2, -0.15) is 30.7 Å². The van der Waals surface area contributed by atoms with E-state index in [4.69, 9.17) is 4.74 Å². The summed E-state index contributed by atoms with van der Waals surface area (Å²) in [5.41, 5.74) is -3.92. The van der Waals surface area contributed by atoms with Crippen LogP contribution in [0.3, 0.4) is 0 Å². The van der Waals surface area contributed by atoms with E-state index in [9.17, 15) is 39.5 Å². The van der Waals surface area contributed by atoms with Gasteiger partial charge in [-0.15, -0.1) is 0 Å². The van der Waals surface area contributed by atoms with Gasteiger partial charge in [-0.3, -0.25) is 4.90 Å². The van der Waals surface area contributed by atoms with Gasteiger partial charge >= 0.3 is 18.0 Å². The van der Waals surface area contributed by atoms with Gasteiger partial charge in [0, 0.05) is 0 Å². The molecule has 3 aromatic carbocycles.